The number of hydrogen-bond donors (Lipinski definition) is 2. The SMILES string of the molecule is CC(C)CCC[C@@H](C)Cc1c2nc(c(C[C@H](C)CCCC(C)C)c3ccc([nH]3)c(C[C@H](C)CCCC(C)C)c3nc(c(C[C@H](C)CCCC(C)C)c4ccc1[nH]4)C=C3)C=C2. The zero-order valence-corrected chi connectivity index (χ0v) is 40.4. The van der Waals surface area contributed by atoms with Gasteiger partial charge in [0.2, 0.25) is 0 Å². The van der Waals surface area contributed by atoms with Gasteiger partial charge in [-0.15, -0.1) is 0 Å². The van der Waals surface area contributed by atoms with Crippen LogP contribution in [0.1, 0.15) is 205 Å². The number of nitrogens with zero attached hydrogens (tertiary/aromatic N) is 2. The van der Waals surface area contributed by atoms with E-state index in [1.165, 1.54) is 121 Å². The molecule has 4 nitrogen and oxygen atoms in total. The number of aromatic amines is 2. The van der Waals surface area contributed by atoms with E-state index in [-0.39, 0.29) is 0 Å². The van der Waals surface area contributed by atoms with Crippen molar-refractivity contribution in [2.75, 3.05) is 0 Å². The maximum atomic E-state index is 5.60. The van der Waals surface area contributed by atoms with Crippen LogP contribution in [0.25, 0.3) is 46.4 Å². The molecule has 5 rings (SSSR count). The van der Waals surface area contributed by atoms with Crippen LogP contribution in [0.2, 0.25) is 0 Å². The summed E-state index contributed by atoms with van der Waals surface area (Å²) >= 11 is 0. The first kappa shape index (κ1) is 47.6. The molecule has 4 atom stereocenters. The van der Waals surface area contributed by atoms with Crippen LogP contribution in [0.15, 0.2) is 24.3 Å². The molecule has 2 aliphatic rings. The van der Waals surface area contributed by atoms with Crippen molar-refractivity contribution in [1.82, 2.24) is 19.9 Å². The number of H-pyrrole nitrogens is 2. The molecule has 2 N–H and O–H groups in total. The van der Waals surface area contributed by atoms with Gasteiger partial charge in [0.05, 0.1) is 22.8 Å². The van der Waals surface area contributed by atoms with E-state index in [1.54, 1.807) is 0 Å². The average molecular weight is 815 g/mol. The van der Waals surface area contributed by atoms with Crippen molar-refractivity contribution in [2.45, 2.75) is 186 Å². The van der Waals surface area contributed by atoms with Crippen LogP contribution < -0.4 is 0 Å². The standard InChI is InChI=1S/C56H86N4/c1-37(2)17-13-21-41(9)33-45-49-25-27-51(57-49)46(34-42(10)22-14-18-38(3)4)53-29-31-55(59-53)48(36-44(12)24-16-20-40(7)8)56-32-30-54(60-56)47(52-28-26-50(45)58-52)35-43(11)23-15-19-39(5)6/h25-32,37-44,57,60H,13-24,33-36H2,1-12H3/t41-,42-,43-,44-/m1/s1. The number of rotatable bonds is 24. The summed E-state index contributed by atoms with van der Waals surface area (Å²) in [5.41, 5.74) is 14.7. The molecule has 2 aliphatic heterocycles. The van der Waals surface area contributed by atoms with Crippen LogP contribution in [0, 0.1) is 47.3 Å². The fourth-order valence-corrected chi connectivity index (χ4v) is 9.60. The van der Waals surface area contributed by atoms with Crippen LogP contribution in [-0.4, -0.2) is 19.9 Å². The van der Waals surface area contributed by atoms with E-state index < -0.39 is 0 Å². The minimum absolute atomic E-state index is 0.567. The quantitative estimate of drug-likeness (QED) is 0.0652. The minimum Gasteiger partial charge on any atom is -0.355 e. The van der Waals surface area contributed by atoms with Crippen LogP contribution >= 0.6 is 0 Å². The highest BCUT2D eigenvalue weighted by Gasteiger charge is 2.20. The topological polar surface area (TPSA) is 57.4 Å². The van der Waals surface area contributed by atoms with E-state index in [4.69, 9.17) is 9.97 Å². The van der Waals surface area contributed by atoms with E-state index in [2.05, 4.69) is 142 Å². The second-order valence-electron chi connectivity index (χ2n) is 21.5. The van der Waals surface area contributed by atoms with Gasteiger partial charge >= 0.3 is 0 Å². The lowest BCUT2D eigenvalue weighted by atomic mass is 9.93. The molecular formula is C56H86N4. The molecule has 3 aromatic rings. The third-order valence-electron chi connectivity index (χ3n) is 13.3. The maximum Gasteiger partial charge on any atom is 0.0690 e. The summed E-state index contributed by atoms with van der Waals surface area (Å²) in [4.78, 5) is 19.3. The van der Waals surface area contributed by atoms with Crippen molar-refractivity contribution >= 4 is 46.4 Å². The summed E-state index contributed by atoms with van der Waals surface area (Å²) in [6, 6.07) is 9.39. The molecule has 0 saturated carbocycles. The molecular weight excluding hydrogens is 729 g/mol. The molecule has 0 unspecified atom stereocenters. The Morgan fingerprint density at radius 1 is 0.333 bits per heavy atom. The van der Waals surface area contributed by atoms with Gasteiger partial charge in [0.15, 0.2) is 0 Å². The third-order valence-corrected chi connectivity index (χ3v) is 13.3. The lowest BCUT2D eigenvalue weighted by Gasteiger charge is -2.15. The van der Waals surface area contributed by atoms with E-state index >= 15 is 0 Å². The second-order valence-corrected chi connectivity index (χ2v) is 21.5. The molecule has 0 aliphatic carbocycles. The molecule has 0 fully saturated rings. The van der Waals surface area contributed by atoms with Crippen molar-refractivity contribution in [3.8, 4) is 0 Å². The van der Waals surface area contributed by atoms with Gasteiger partial charge in [0, 0.05) is 44.3 Å². The van der Waals surface area contributed by atoms with Crippen LogP contribution in [0.3, 0.4) is 0 Å². The Morgan fingerprint density at radius 2 is 0.550 bits per heavy atom. The smallest absolute Gasteiger partial charge is 0.0690 e. The number of fused-ring (bicyclic) bond motifs is 8. The van der Waals surface area contributed by atoms with Crippen molar-refractivity contribution in [1.29, 1.82) is 0 Å². The molecule has 4 heteroatoms. The first-order valence-corrected chi connectivity index (χ1v) is 24.8. The van der Waals surface area contributed by atoms with Crippen LogP contribution in [-0.2, 0) is 25.7 Å². The molecule has 330 valence electrons. The lowest BCUT2D eigenvalue weighted by molar-refractivity contribution is 0.456. The fourth-order valence-electron chi connectivity index (χ4n) is 9.60. The van der Waals surface area contributed by atoms with Gasteiger partial charge in [0.25, 0.3) is 0 Å². The van der Waals surface area contributed by atoms with Crippen molar-refractivity contribution < 1.29 is 0 Å². The maximum absolute atomic E-state index is 5.60. The molecule has 0 radical (unpaired) electrons. The van der Waals surface area contributed by atoms with E-state index in [9.17, 15) is 0 Å². The molecule has 0 saturated heterocycles. The fraction of sp³-hybridized carbons (Fsp3) is 0.643. The number of nitrogens with one attached hydrogen (secondary N) is 2. The van der Waals surface area contributed by atoms with Gasteiger partial charge < -0.3 is 9.97 Å². The van der Waals surface area contributed by atoms with Gasteiger partial charge in [-0.25, -0.2) is 9.97 Å². The Hall–Kier alpha value is -3.40. The summed E-state index contributed by atoms with van der Waals surface area (Å²) in [5.74, 6) is 5.24. The Morgan fingerprint density at radius 3 is 0.750 bits per heavy atom. The summed E-state index contributed by atoms with van der Waals surface area (Å²) in [5, 5.41) is 0. The Bertz CT molecular complexity index is 1740. The first-order valence-electron chi connectivity index (χ1n) is 24.8. The predicted octanol–water partition coefficient (Wildman–Crippen LogP) is 16.7. The number of hydrogen-bond acceptors (Lipinski definition) is 2. The van der Waals surface area contributed by atoms with Gasteiger partial charge in [0.1, 0.15) is 0 Å². The van der Waals surface area contributed by atoms with Gasteiger partial charge in [-0.05, 0) is 122 Å². The molecule has 5 heterocycles. The zero-order valence-electron chi connectivity index (χ0n) is 40.4. The highest BCUT2D eigenvalue weighted by atomic mass is 14.8. The largest absolute Gasteiger partial charge is 0.355 e. The Kier molecular flexibility index (Phi) is 18.4. The summed E-state index contributed by atoms with van der Waals surface area (Å²) in [7, 11) is 0. The highest BCUT2D eigenvalue weighted by molar-refractivity contribution is 5.83. The van der Waals surface area contributed by atoms with Gasteiger partial charge in [-0.2, -0.15) is 0 Å². The van der Waals surface area contributed by atoms with E-state index in [0.717, 1.165) is 72.1 Å². The van der Waals surface area contributed by atoms with Crippen LogP contribution in [0.5, 0.6) is 0 Å². The second kappa shape index (κ2) is 23.2. The van der Waals surface area contributed by atoms with Crippen molar-refractivity contribution in [3.05, 3.63) is 69.3 Å². The van der Waals surface area contributed by atoms with Crippen LogP contribution in [0.4, 0.5) is 0 Å². The van der Waals surface area contributed by atoms with Crippen molar-refractivity contribution in [3.63, 3.8) is 0 Å². The minimum atomic E-state index is 0.567. The average Bonchev–Trinajstić information content (AvgIpc) is 4.01. The summed E-state index contributed by atoms with van der Waals surface area (Å²) in [6.45, 7) is 28.6. The van der Waals surface area contributed by atoms with Gasteiger partial charge in [-0.3, -0.25) is 0 Å². The molecule has 0 spiro atoms. The Labute approximate surface area is 367 Å². The lowest BCUT2D eigenvalue weighted by Crippen LogP contribution is -2.05. The van der Waals surface area contributed by atoms with E-state index in [1.807, 2.05) is 0 Å². The molecule has 0 aromatic carbocycles. The third kappa shape index (κ3) is 14.3. The predicted molar refractivity (Wildman–Crippen MR) is 265 cm³/mol. The summed E-state index contributed by atoms with van der Waals surface area (Å²) < 4.78 is 0. The monoisotopic (exact) mass is 815 g/mol. The highest BCUT2D eigenvalue weighted by Crippen LogP contribution is 2.33. The normalized spacial score (nSPS) is 14.9. The molecule has 8 bridgehead atoms. The molecule has 3 aromatic heterocycles. The van der Waals surface area contributed by atoms with Crippen molar-refractivity contribution in [2.24, 2.45) is 47.3 Å². The summed E-state index contributed by atoms with van der Waals surface area (Å²) in [6.07, 6.45) is 28.5. The molecule has 60 heavy (non-hydrogen) atoms. The number of aromatic nitrogens is 4. The first-order chi connectivity index (χ1) is 28.7. The Balaban J connectivity index is 1.74. The zero-order chi connectivity index (χ0) is 43.3. The van der Waals surface area contributed by atoms with Gasteiger partial charge in [-0.1, -0.05) is 160 Å². The molecule has 0 amide bonds. The van der Waals surface area contributed by atoms with E-state index in [0.29, 0.717) is 23.7 Å².